The summed E-state index contributed by atoms with van der Waals surface area (Å²) in [5, 5.41) is 5.49. The average molecular weight is 513 g/mol. The zero-order valence-electron chi connectivity index (χ0n) is 21.7. The SMILES string of the molecule is CCCNC(=O)c1[nH]c(-c2ccc(OCC(=O)NCC(=O)N3CCN(CC=O)CC3)cc2)cc1N(C)C. The van der Waals surface area contributed by atoms with Gasteiger partial charge in [-0.1, -0.05) is 6.92 Å². The Bertz CT molecular complexity index is 1070. The van der Waals surface area contributed by atoms with E-state index in [1.165, 1.54) is 0 Å². The summed E-state index contributed by atoms with van der Waals surface area (Å²) in [5.41, 5.74) is 2.95. The summed E-state index contributed by atoms with van der Waals surface area (Å²) >= 11 is 0. The number of carbonyl (C=O) groups is 4. The molecule has 0 saturated carbocycles. The quantitative estimate of drug-likeness (QED) is 0.358. The first-order chi connectivity index (χ1) is 17.8. The minimum atomic E-state index is -0.389. The van der Waals surface area contributed by atoms with Gasteiger partial charge in [-0.25, -0.2) is 0 Å². The molecule has 0 unspecified atom stereocenters. The number of amides is 3. The van der Waals surface area contributed by atoms with Crippen molar-refractivity contribution < 1.29 is 23.9 Å². The maximum Gasteiger partial charge on any atom is 0.269 e. The number of benzene rings is 1. The van der Waals surface area contributed by atoms with E-state index in [1.807, 2.05) is 49.0 Å². The van der Waals surface area contributed by atoms with E-state index in [0.717, 1.165) is 29.7 Å². The summed E-state index contributed by atoms with van der Waals surface area (Å²) in [4.78, 5) is 56.4. The van der Waals surface area contributed by atoms with E-state index in [-0.39, 0.29) is 30.9 Å². The Morgan fingerprint density at radius 1 is 1.08 bits per heavy atom. The number of nitrogens with zero attached hydrogens (tertiary/aromatic N) is 3. The van der Waals surface area contributed by atoms with Crippen LogP contribution < -0.4 is 20.3 Å². The second-order valence-electron chi connectivity index (χ2n) is 9.03. The first-order valence-corrected chi connectivity index (χ1v) is 12.4. The zero-order valence-corrected chi connectivity index (χ0v) is 21.7. The minimum Gasteiger partial charge on any atom is -0.484 e. The van der Waals surface area contributed by atoms with E-state index in [4.69, 9.17) is 4.74 Å². The first kappa shape index (κ1) is 27.7. The molecule has 1 aliphatic rings. The summed E-state index contributed by atoms with van der Waals surface area (Å²) < 4.78 is 5.57. The molecule has 11 nitrogen and oxygen atoms in total. The van der Waals surface area contributed by atoms with E-state index in [0.29, 0.717) is 50.7 Å². The molecular formula is C26H36N6O5. The normalized spacial score (nSPS) is 13.6. The predicted octanol–water partition coefficient (Wildman–Crippen LogP) is 0.726. The molecule has 0 aliphatic carbocycles. The topological polar surface area (TPSA) is 127 Å². The van der Waals surface area contributed by atoms with E-state index >= 15 is 0 Å². The average Bonchev–Trinajstić information content (AvgIpc) is 3.36. The molecule has 11 heteroatoms. The van der Waals surface area contributed by atoms with Gasteiger partial charge in [-0.2, -0.15) is 0 Å². The highest BCUT2D eigenvalue weighted by Gasteiger charge is 2.21. The van der Waals surface area contributed by atoms with Gasteiger partial charge in [0.05, 0.1) is 18.8 Å². The van der Waals surface area contributed by atoms with Crippen LogP contribution in [-0.4, -0.2) is 105 Å². The molecule has 0 bridgehead atoms. The molecule has 3 N–H and O–H groups in total. The molecule has 1 aliphatic heterocycles. The molecule has 0 spiro atoms. The Labute approximate surface area is 217 Å². The van der Waals surface area contributed by atoms with Gasteiger partial charge in [0.1, 0.15) is 17.7 Å². The Kier molecular flexibility index (Phi) is 10.1. The second-order valence-corrected chi connectivity index (χ2v) is 9.03. The third kappa shape index (κ3) is 7.81. The van der Waals surface area contributed by atoms with Gasteiger partial charge in [0, 0.05) is 52.5 Å². The van der Waals surface area contributed by atoms with E-state index in [2.05, 4.69) is 15.6 Å². The molecule has 200 valence electrons. The lowest BCUT2D eigenvalue weighted by atomic mass is 10.1. The molecule has 0 radical (unpaired) electrons. The summed E-state index contributed by atoms with van der Waals surface area (Å²) in [6, 6.07) is 9.11. The number of aromatic amines is 1. The summed E-state index contributed by atoms with van der Waals surface area (Å²) in [6.45, 7) is 5.03. The maximum atomic E-state index is 12.5. The molecule has 3 amide bonds. The minimum absolute atomic E-state index is 0.0932. The van der Waals surface area contributed by atoms with Crippen LogP contribution in [0.25, 0.3) is 11.3 Å². The Morgan fingerprint density at radius 2 is 1.78 bits per heavy atom. The van der Waals surface area contributed by atoms with Crippen molar-refractivity contribution >= 4 is 29.7 Å². The van der Waals surface area contributed by atoms with Gasteiger partial charge in [0.25, 0.3) is 11.8 Å². The van der Waals surface area contributed by atoms with Crippen molar-refractivity contribution in [3.05, 3.63) is 36.0 Å². The molecular weight excluding hydrogens is 476 g/mol. The van der Waals surface area contributed by atoms with Crippen molar-refractivity contribution in [1.82, 2.24) is 25.4 Å². The highest BCUT2D eigenvalue weighted by Crippen LogP contribution is 2.28. The number of piperazine rings is 1. The number of carbonyl (C=O) groups excluding carboxylic acids is 4. The molecule has 1 aromatic heterocycles. The van der Waals surface area contributed by atoms with Crippen LogP contribution in [-0.2, 0) is 14.4 Å². The number of aldehydes is 1. The van der Waals surface area contributed by atoms with Crippen molar-refractivity contribution in [2.45, 2.75) is 13.3 Å². The van der Waals surface area contributed by atoms with Crippen LogP contribution in [0, 0.1) is 0 Å². The van der Waals surface area contributed by atoms with Crippen molar-refractivity contribution in [2.75, 3.05) is 71.4 Å². The zero-order chi connectivity index (χ0) is 26.8. The molecule has 0 atom stereocenters. The fourth-order valence-corrected chi connectivity index (χ4v) is 3.95. The number of hydrogen-bond acceptors (Lipinski definition) is 7. The van der Waals surface area contributed by atoms with Gasteiger partial charge < -0.3 is 34.9 Å². The molecule has 1 aromatic carbocycles. The number of rotatable bonds is 12. The monoisotopic (exact) mass is 512 g/mol. The maximum absolute atomic E-state index is 12.5. The van der Waals surface area contributed by atoms with Gasteiger partial charge in [-0.15, -0.1) is 0 Å². The number of ether oxygens (including phenoxy) is 1. The largest absolute Gasteiger partial charge is 0.484 e. The fourth-order valence-electron chi connectivity index (χ4n) is 3.95. The molecule has 3 rings (SSSR count). The van der Waals surface area contributed by atoms with Crippen LogP contribution in [0.2, 0.25) is 0 Å². The molecule has 1 saturated heterocycles. The second kappa shape index (κ2) is 13.4. The van der Waals surface area contributed by atoms with Crippen molar-refractivity contribution in [3.63, 3.8) is 0 Å². The third-order valence-corrected chi connectivity index (χ3v) is 6.07. The number of nitrogens with one attached hydrogen (secondary N) is 3. The molecule has 2 aromatic rings. The fraction of sp³-hybridized carbons (Fsp3) is 0.462. The number of anilines is 1. The summed E-state index contributed by atoms with van der Waals surface area (Å²) in [6.07, 6.45) is 1.71. The van der Waals surface area contributed by atoms with Crippen LogP contribution >= 0.6 is 0 Å². The van der Waals surface area contributed by atoms with Crippen molar-refractivity contribution in [3.8, 4) is 17.0 Å². The number of H-pyrrole nitrogens is 1. The summed E-state index contributed by atoms with van der Waals surface area (Å²) in [7, 11) is 3.77. The smallest absolute Gasteiger partial charge is 0.269 e. The Morgan fingerprint density at radius 3 is 2.41 bits per heavy atom. The lowest BCUT2D eigenvalue weighted by Gasteiger charge is -2.33. The van der Waals surface area contributed by atoms with E-state index in [9.17, 15) is 19.2 Å². The highest BCUT2D eigenvalue weighted by molar-refractivity contribution is 5.99. The van der Waals surface area contributed by atoms with Gasteiger partial charge in [0.2, 0.25) is 5.91 Å². The van der Waals surface area contributed by atoms with Crippen LogP contribution in [0.5, 0.6) is 5.75 Å². The van der Waals surface area contributed by atoms with Gasteiger partial charge >= 0.3 is 0 Å². The van der Waals surface area contributed by atoms with E-state index < -0.39 is 0 Å². The first-order valence-electron chi connectivity index (χ1n) is 12.4. The van der Waals surface area contributed by atoms with Crippen molar-refractivity contribution in [1.29, 1.82) is 0 Å². The summed E-state index contributed by atoms with van der Waals surface area (Å²) in [5.74, 6) is -0.188. The van der Waals surface area contributed by atoms with Gasteiger partial charge in [-0.05, 0) is 42.3 Å². The standard InChI is InChI=1S/C26H36N6O5/c1-4-9-27-26(36)25-22(30(2)3)16-21(29-25)19-5-7-20(8-6-19)37-18-23(34)28-17-24(35)32-12-10-31(11-13-32)14-15-33/h5-8,15-16,29H,4,9-14,17-18H2,1-3H3,(H,27,36)(H,28,34). The lowest BCUT2D eigenvalue weighted by Crippen LogP contribution is -2.51. The highest BCUT2D eigenvalue weighted by atomic mass is 16.5. The van der Waals surface area contributed by atoms with Crippen molar-refractivity contribution in [2.24, 2.45) is 0 Å². The molecule has 2 heterocycles. The molecule has 1 fully saturated rings. The van der Waals surface area contributed by atoms with Gasteiger partial charge in [0.15, 0.2) is 6.61 Å². The number of aromatic nitrogens is 1. The van der Waals surface area contributed by atoms with E-state index in [1.54, 1.807) is 17.0 Å². The van der Waals surface area contributed by atoms with Gasteiger partial charge in [-0.3, -0.25) is 19.3 Å². The predicted molar refractivity (Wildman–Crippen MR) is 141 cm³/mol. The number of hydrogen-bond donors (Lipinski definition) is 3. The van der Waals surface area contributed by atoms with Crippen LogP contribution in [0.15, 0.2) is 30.3 Å². The van der Waals surface area contributed by atoms with Crippen LogP contribution in [0.1, 0.15) is 23.8 Å². The van der Waals surface area contributed by atoms with Crippen LogP contribution in [0.4, 0.5) is 5.69 Å². The Balaban J connectivity index is 1.48. The lowest BCUT2D eigenvalue weighted by molar-refractivity contribution is -0.134. The Hall–Kier alpha value is -3.86. The van der Waals surface area contributed by atoms with Crippen LogP contribution in [0.3, 0.4) is 0 Å². The third-order valence-electron chi connectivity index (χ3n) is 6.07. The molecule has 37 heavy (non-hydrogen) atoms.